The average Bonchev–Trinajstić information content (AvgIpc) is 4.13. The number of aromatic nitrogens is 4. The van der Waals surface area contributed by atoms with Crippen LogP contribution < -0.4 is 30.3 Å². The second-order valence-corrected chi connectivity index (χ2v) is 24.6. The zero-order valence-corrected chi connectivity index (χ0v) is 52.4. The molecule has 83 heavy (non-hydrogen) atoms. The Morgan fingerprint density at radius 3 is 1.59 bits per heavy atom. The van der Waals surface area contributed by atoms with Crippen molar-refractivity contribution in [2.75, 3.05) is 33.9 Å². The number of carbonyl (C=O) groups excluding carboxylic acids is 3. The first-order chi connectivity index (χ1) is 39.4. The lowest BCUT2D eigenvalue weighted by Crippen LogP contribution is -2.34. The van der Waals surface area contributed by atoms with Gasteiger partial charge in [0.2, 0.25) is 5.65 Å². The Morgan fingerprint density at radius 1 is 0.627 bits per heavy atom. The van der Waals surface area contributed by atoms with Crippen molar-refractivity contribution in [2.45, 2.75) is 190 Å². The van der Waals surface area contributed by atoms with Gasteiger partial charge in [-0.1, -0.05) is 158 Å². The number of hydrogen-bond donors (Lipinski definition) is 4. The third kappa shape index (κ3) is 14.1. The van der Waals surface area contributed by atoms with Gasteiger partial charge < -0.3 is 30.3 Å². The summed E-state index contributed by atoms with van der Waals surface area (Å²) in [6.45, 7) is 40.3. The van der Waals surface area contributed by atoms with Crippen LogP contribution in [-0.4, -0.2) is 62.7 Å². The minimum atomic E-state index is -0.862. The SMILES string of the molecule is C=Cc1[nH]n2c(-c3cc(NC(=O)C(CC)Oc4ccc(C(C)(C)CC)cc4C(C)(C)CC)cc(NC(=O)C(CC)Oc4ccc(C(C)(C)CC)cc4C(C)(C)CC)c3)nnc2c1Nc1ccc(N(CC)CC)cc1C(=O)Cc1ccccc1. The lowest BCUT2D eigenvalue weighted by atomic mass is 9.76. The highest BCUT2D eigenvalue weighted by Crippen LogP contribution is 2.42. The Morgan fingerprint density at radius 2 is 1.13 bits per heavy atom. The second kappa shape index (κ2) is 26.3. The number of nitrogens with one attached hydrogen (secondary N) is 4. The Kier molecular flexibility index (Phi) is 19.9. The molecule has 0 fully saturated rings. The first kappa shape index (κ1) is 62.9. The number of nitrogens with zero attached hydrogens (tertiary/aromatic N) is 4. The van der Waals surface area contributed by atoms with E-state index in [1.165, 1.54) is 11.1 Å². The molecule has 2 unspecified atom stereocenters. The van der Waals surface area contributed by atoms with Crippen LogP contribution in [0.4, 0.5) is 28.4 Å². The molecule has 0 radical (unpaired) electrons. The fourth-order valence-corrected chi connectivity index (χ4v) is 10.2. The van der Waals surface area contributed by atoms with Crippen molar-refractivity contribution in [1.82, 2.24) is 19.8 Å². The zero-order valence-electron chi connectivity index (χ0n) is 52.4. The number of ketones is 1. The van der Waals surface area contributed by atoms with Crippen LogP contribution in [0.3, 0.4) is 0 Å². The van der Waals surface area contributed by atoms with Gasteiger partial charge in [0.25, 0.3) is 11.8 Å². The summed E-state index contributed by atoms with van der Waals surface area (Å²) >= 11 is 0. The number of hydrogen-bond acceptors (Lipinski definition) is 9. The molecule has 442 valence electrons. The number of ether oxygens (including phenoxy) is 2. The van der Waals surface area contributed by atoms with E-state index >= 15 is 0 Å². The van der Waals surface area contributed by atoms with Crippen molar-refractivity contribution >= 4 is 57.8 Å². The Labute approximate surface area is 494 Å². The van der Waals surface area contributed by atoms with Gasteiger partial charge in [-0.2, -0.15) is 0 Å². The van der Waals surface area contributed by atoms with Gasteiger partial charge in [0.05, 0.1) is 5.69 Å². The summed E-state index contributed by atoms with van der Waals surface area (Å²) in [5, 5.41) is 22.8. The van der Waals surface area contributed by atoms with Gasteiger partial charge in [0.15, 0.2) is 23.8 Å². The fraction of sp³-hybridized carbons (Fsp3) is 0.443. The molecule has 0 bridgehead atoms. The summed E-state index contributed by atoms with van der Waals surface area (Å²) in [7, 11) is 0. The Balaban J connectivity index is 1.30. The number of carbonyl (C=O) groups is 3. The van der Waals surface area contributed by atoms with Crippen LogP contribution in [0.5, 0.6) is 11.5 Å². The molecule has 0 aliphatic carbocycles. The molecule has 2 heterocycles. The standard InChI is InChI=1S/C70H92N8O5/c1-18-55-62(73-56-35-34-51(77(25-8)26-9)44-52(56)57(79)38-45-30-28-27-29-31-45)64-75-74-63(78(64)76-55)46-39-49(71-65(80)58(19-2)82-60-36-32-47(67(10,11)21-4)41-53(60)69(14,15)23-6)43-50(40-46)72-66(81)59(20-3)83-61-37-33-48(68(12,13)22-5)42-54(61)70(16,17)24-7/h18,27-37,39-44,58-59,73,76H,1,19-26,38H2,2-17H3,(H,71,80)(H,72,81). The highest BCUT2D eigenvalue weighted by atomic mass is 16.5. The molecule has 2 aromatic heterocycles. The van der Waals surface area contributed by atoms with E-state index in [1.54, 1.807) is 16.7 Å². The predicted octanol–water partition coefficient (Wildman–Crippen LogP) is 16.7. The summed E-state index contributed by atoms with van der Waals surface area (Å²) in [6, 6.07) is 33.8. The number of H-pyrrole nitrogens is 1. The molecule has 0 aliphatic heterocycles. The number of amides is 2. The molecule has 5 aromatic carbocycles. The van der Waals surface area contributed by atoms with Gasteiger partial charge in [-0.25, -0.2) is 4.52 Å². The summed E-state index contributed by atoms with van der Waals surface area (Å²) < 4.78 is 15.2. The van der Waals surface area contributed by atoms with E-state index in [4.69, 9.17) is 19.7 Å². The number of rotatable bonds is 28. The molecule has 2 atom stereocenters. The number of aromatic amines is 1. The molecule has 2 amide bonds. The molecule has 4 N–H and O–H groups in total. The van der Waals surface area contributed by atoms with E-state index in [-0.39, 0.29) is 45.7 Å². The van der Waals surface area contributed by atoms with Gasteiger partial charge in [0, 0.05) is 64.5 Å². The molecular weight excluding hydrogens is 1030 g/mol. The van der Waals surface area contributed by atoms with Crippen molar-refractivity contribution in [1.29, 1.82) is 0 Å². The lowest BCUT2D eigenvalue weighted by Gasteiger charge is -2.31. The van der Waals surface area contributed by atoms with Crippen LogP contribution >= 0.6 is 0 Å². The van der Waals surface area contributed by atoms with Crippen LogP contribution in [0.2, 0.25) is 0 Å². The van der Waals surface area contributed by atoms with Crippen molar-refractivity contribution in [3.63, 3.8) is 0 Å². The summed E-state index contributed by atoms with van der Waals surface area (Å²) in [5.41, 5.74) is 9.91. The minimum absolute atomic E-state index is 0.0419. The van der Waals surface area contributed by atoms with Gasteiger partial charge in [-0.15, -0.1) is 10.2 Å². The van der Waals surface area contributed by atoms with Crippen LogP contribution in [0.15, 0.2) is 110 Å². The number of anilines is 5. The molecule has 7 rings (SSSR count). The van der Waals surface area contributed by atoms with Crippen molar-refractivity contribution < 1.29 is 23.9 Å². The van der Waals surface area contributed by atoms with Gasteiger partial charge in [-0.3, -0.25) is 19.5 Å². The third-order valence-corrected chi connectivity index (χ3v) is 17.6. The quantitative estimate of drug-likeness (QED) is 0.0351. The smallest absolute Gasteiger partial charge is 0.265 e. The molecule has 0 saturated heterocycles. The Bertz CT molecular complexity index is 3300. The molecule has 7 aromatic rings. The zero-order chi connectivity index (χ0) is 60.6. The molecule has 0 spiro atoms. The van der Waals surface area contributed by atoms with E-state index in [0.717, 1.165) is 61.2 Å². The minimum Gasteiger partial charge on any atom is -0.480 e. The maximum atomic E-state index is 14.7. The van der Waals surface area contributed by atoms with Gasteiger partial charge in [-0.05, 0) is 145 Å². The third-order valence-electron chi connectivity index (χ3n) is 17.6. The van der Waals surface area contributed by atoms with Crippen LogP contribution in [0.25, 0.3) is 23.1 Å². The number of fused-ring (bicyclic) bond motifs is 1. The fourth-order valence-electron chi connectivity index (χ4n) is 10.2. The first-order valence-corrected chi connectivity index (χ1v) is 30.1. The highest BCUT2D eigenvalue weighted by molar-refractivity contribution is 6.05. The van der Waals surface area contributed by atoms with Crippen LogP contribution in [-0.2, 0) is 37.7 Å². The second-order valence-electron chi connectivity index (χ2n) is 24.6. The van der Waals surface area contributed by atoms with E-state index in [1.807, 2.05) is 86.6 Å². The van der Waals surface area contributed by atoms with Gasteiger partial charge in [0.1, 0.15) is 17.2 Å². The monoisotopic (exact) mass is 1120 g/mol. The normalized spacial score (nSPS) is 12.9. The van der Waals surface area contributed by atoms with E-state index < -0.39 is 12.2 Å². The van der Waals surface area contributed by atoms with Crippen molar-refractivity contribution in [3.8, 4) is 22.9 Å². The molecule has 0 aliphatic rings. The van der Waals surface area contributed by atoms with Gasteiger partial charge >= 0.3 is 0 Å². The molecule has 0 saturated carbocycles. The molecular formula is C70H92N8O5. The summed E-state index contributed by atoms with van der Waals surface area (Å²) in [4.78, 5) is 45.9. The van der Waals surface area contributed by atoms with Crippen LogP contribution in [0, 0.1) is 0 Å². The molecule has 13 heteroatoms. The van der Waals surface area contributed by atoms with Crippen molar-refractivity contribution in [2.24, 2.45) is 0 Å². The van der Waals surface area contributed by atoms with Crippen molar-refractivity contribution in [3.05, 3.63) is 149 Å². The maximum absolute atomic E-state index is 14.7. The summed E-state index contributed by atoms with van der Waals surface area (Å²) in [5.74, 6) is 0.973. The van der Waals surface area contributed by atoms with E-state index in [2.05, 4.69) is 154 Å². The Hall–Kier alpha value is -7.67. The largest absolute Gasteiger partial charge is 0.480 e. The highest BCUT2D eigenvalue weighted by Gasteiger charge is 2.32. The van der Waals surface area contributed by atoms with E-state index in [9.17, 15) is 14.4 Å². The number of Topliss-reactive ketones (excluding diaryl/α,β-unsaturated/α-hetero) is 1. The number of benzene rings is 5. The first-order valence-electron chi connectivity index (χ1n) is 30.1. The molecule has 13 nitrogen and oxygen atoms in total. The van der Waals surface area contributed by atoms with E-state index in [0.29, 0.717) is 75.4 Å². The average molecular weight is 1130 g/mol. The van der Waals surface area contributed by atoms with Crippen LogP contribution in [0.1, 0.15) is 193 Å². The maximum Gasteiger partial charge on any atom is 0.265 e. The predicted molar refractivity (Wildman–Crippen MR) is 343 cm³/mol. The summed E-state index contributed by atoms with van der Waals surface area (Å²) in [6.07, 6.45) is 4.64. The topological polar surface area (TPSA) is 155 Å². The lowest BCUT2D eigenvalue weighted by molar-refractivity contribution is -0.123.